The van der Waals surface area contributed by atoms with Crippen LogP contribution in [-0.4, -0.2) is 28.6 Å². The number of hydrogen-bond acceptors (Lipinski definition) is 5. The van der Waals surface area contributed by atoms with E-state index in [2.05, 4.69) is 0 Å². The van der Waals surface area contributed by atoms with Gasteiger partial charge in [-0.2, -0.15) is 0 Å². The molecule has 1 aliphatic heterocycles. The summed E-state index contributed by atoms with van der Waals surface area (Å²) in [4.78, 5) is 37.3. The number of nitrogens with two attached hydrogens (primary N) is 1. The Morgan fingerprint density at radius 1 is 1.08 bits per heavy atom. The van der Waals surface area contributed by atoms with Crippen molar-refractivity contribution in [2.24, 2.45) is 5.73 Å². The topological polar surface area (TPSA) is 89.7 Å². The second kappa shape index (κ2) is 7.88. The summed E-state index contributed by atoms with van der Waals surface area (Å²) in [7, 11) is 0. The number of rotatable bonds is 6. The van der Waals surface area contributed by atoms with E-state index < -0.39 is 5.91 Å². The smallest absolute Gasteiger partial charge is 0.293 e. The molecule has 0 radical (unpaired) electrons. The van der Waals surface area contributed by atoms with E-state index >= 15 is 0 Å². The highest BCUT2D eigenvalue weighted by Crippen LogP contribution is 2.34. The molecular formula is C19H16N2O4S. The van der Waals surface area contributed by atoms with E-state index in [9.17, 15) is 14.4 Å². The fourth-order valence-corrected chi connectivity index (χ4v) is 3.25. The number of carbonyl (C=O) groups is 3. The number of carbonyl (C=O) groups excluding carboxylic acids is 3. The quantitative estimate of drug-likeness (QED) is 0.792. The molecule has 1 fully saturated rings. The van der Waals surface area contributed by atoms with E-state index in [4.69, 9.17) is 10.5 Å². The molecule has 3 amide bonds. The minimum atomic E-state index is -0.594. The van der Waals surface area contributed by atoms with Gasteiger partial charge in [0.15, 0.2) is 6.61 Å². The molecule has 2 N–H and O–H groups in total. The summed E-state index contributed by atoms with van der Waals surface area (Å²) < 4.78 is 5.36. The Labute approximate surface area is 154 Å². The summed E-state index contributed by atoms with van der Waals surface area (Å²) in [5.41, 5.74) is 6.57. The minimum absolute atomic E-state index is 0.225. The maximum Gasteiger partial charge on any atom is 0.293 e. The van der Waals surface area contributed by atoms with Gasteiger partial charge in [0, 0.05) is 5.56 Å². The van der Waals surface area contributed by atoms with Crippen LogP contribution in [0.25, 0.3) is 6.08 Å². The van der Waals surface area contributed by atoms with Crippen molar-refractivity contribution in [3.8, 4) is 5.75 Å². The first-order chi connectivity index (χ1) is 12.5. The third-order valence-corrected chi connectivity index (χ3v) is 4.54. The van der Waals surface area contributed by atoms with E-state index in [-0.39, 0.29) is 24.3 Å². The van der Waals surface area contributed by atoms with Crippen LogP contribution < -0.4 is 10.5 Å². The lowest BCUT2D eigenvalue weighted by Gasteiger charge is -2.12. The van der Waals surface area contributed by atoms with Gasteiger partial charge in [0.25, 0.3) is 17.1 Å². The number of ether oxygens (including phenoxy) is 1. The maximum atomic E-state index is 12.6. The SMILES string of the molecule is NC(=O)COc1ccccc1/C=C1/SC(=O)N(Cc2ccccc2)C1=O. The molecule has 26 heavy (non-hydrogen) atoms. The molecule has 2 aromatic carbocycles. The molecule has 0 aromatic heterocycles. The number of imide groups is 1. The molecule has 132 valence electrons. The first-order valence-corrected chi connectivity index (χ1v) is 8.65. The zero-order chi connectivity index (χ0) is 18.5. The molecular weight excluding hydrogens is 352 g/mol. The second-order valence-corrected chi connectivity index (χ2v) is 6.54. The summed E-state index contributed by atoms with van der Waals surface area (Å²) >= 11 is 0.880. The maximum absolute atomic E-state index is 12.6. The normalized spacial score (nSPS) is 15.5. The molecule has 0 saturated carbocycles. The van der Waals surface area contributed by atoms with Gasteiger partial charge in [0.1, 0.15) is 5.75 Å². The van der Waals surface area contributed by atoms with E-state index in [0.29, 0.717) is 16.2 Å². The van der Waals surface area contributed by atoms with Gasteiger partial charge < -0.3 is 10.5 Å². The van der Waals surface area contributed by atoms with Crippen LogP contribution >= 0.6 is 11.8 Å². The zero-order valence-electron chi connectivity index (χ0n) is 13.8. The van der Waals surface area contributed by atoms with Crippen molar-refractivity contribution in [1.82, 2.24) is 4.90 Å². The Morgan fingerprint density at radius 2 is 1.77 bits per heavy atom. The third kappa shape index (κ3) is 4.12. The molecule has 7 heteroatoms. The molecule has 1 aliphatic rings. The van der Waals surface area contributed by atoms with Gasteiger partial charge in [-0.25, -0.2) is 0 Å². The molecule has 0 atom stereocenters. The fraction of sp³-hybridized carbons (Fsp3) is 0.105. The minimum Gasteiger partial charge on any atom is -0.483 e. The van der Waals surface area contributed by atoms with Crippen molar-refractivity contribution in [3.05, 3.63) is 70.6 Å². The number of para-hydroxylation sites is 1. The van der Waals surface area contributed by atoms with Crippen LogP contribution in [0.5, 0.6) is 5.75 Å². The number of amides is 3. The predicted octanol–water partition coefficient (Wildman–Crippen LogP) is 2.79. The van der Waals surface area contributed by atoms with Crippen LogP contribution in [0.4, 0.5) is 4.79 Å². The van der Waals surface area contributed by atoms with Crippen molar-refractivity contribution in [3.63, 3.8) is 0 Å². The lowest BCUT2D eigenvalue weighted by Crippen LogP contribution is -2.27. The molecule has 6 nitrogen and oxygen atoms in total. The van der Waals surface area contributed by atoms with E-state index in [1.165, 1.54) is 4.90 Å². The average Bonchev–Trinajstić information content (AvgIpc) is 2.89. The summed E-state index contributed by atoms with van der Waals surface area (Å²) in [6.45, 7) is -0.0387. The van der Waals surface area contributed by atoms with Gasteiger partial charge in [-0.1, -0.05) is 48.5 Å². The standard InChI is InChI=1S/C19H16N2O4S/c20-17(22)12-25-15-9-5-4-8-14(15)10-16-18(23)21(19(24)26-16)11-13-6-2-1-3-7-13/h1-10H,11-12H2,(H2,20,22)/b16-10+. The largest absolute Gasteiger partial charge is 0.483 e. The monoisotopic (exact) mass is 368 g/mol. The van der Waals surface area contributed by atoms with Gasteiger partial charge in [0.2, 0.25) is 0 Å². The van der Waals surface area contributed by atoms with Gasteiger partial charge >= 0.3 is 0 Å². The van der Waals surface area contributed by atoms with Crippen LogP contribution in [0.2, 0.25) is 0 Å². The Bertz CT molecular complexity index is 880. The number of nitrogens with zero attached hydrogens (tertiary/aromatic N) is 1. The van der Waals surface area contributed by atoms with Gasteiger partial charge in [-0.05, 0) is 29.5 Å². The van der Waals surface area contributed by atoms with Crippen molar-refractivity contribution >= 4 is 34.9 Å². The number of primary amides is 1. The fourth-order valence-electron chi connectivity index (χ4n) is 2.42. The highest BCUT2D eigenvalue weighted by molar-refractivity contribution is 8.18. The Morgan fingerprint density at radius 3 is 2.50 bits per heavy atom. The highest BCUT2D eigenvalue weighted by atomic mass is 32.2. The number of thioether (sulfide) groups is 1. The molecule has 1 saturated heterocycles. The molecule has 2 aromatic rings. The second-order valence-electron chi connectivity index (χ2n) is 5.55. The van der Waals surface area contributed by atoms with Crippen molar-refractivity contribution < 1.29 is 19.1 Å². The van der Waals surface area contributed by atoms with Crippen LogP contribution in [0.1, 0.15) is 11.1 Å². The number of benzene rings is 2. The summed E-state index contributed by atoms with van der Waals surface area (Å²) in [6, 6.07) is 16.2. The van der Waals surface area contributed by atoms with E-state index in [0.717, 1.165) is 17.3 Å². The summed E-state index contributed by atoms with van der Waals surface area (Å²) in [6.07, 6.45) is 1.59. The number of hydrogen-bond donors (Lipinski definition) is 1. The van der Waals surface area contributed by atoms with Crippen molar-refractivity contribution in [2.45, 2.75) is 6.54 Å². The van der Waals surface area contributed by atoms with Crippen LogP contribution in [-0.2, 0) is 16.1 Å². The predicted molar refractivity (Wildman–Crippen MR) is 99.1 cm³/mol. The highest BCUT2D eigenvalue weighted by Gasteiger charge is 2.35. The van der Waals surface area contributed by atoms with Gasteiger partial charge in [-0.15, -0.1) is 0 Å². The van der Waals surface area contributed by atoms with Crippen molar-refractivity contribution in [1.29, 1.82) is 0 Å². The first-order valence-electron chi connectivity index (χ1n) is 7.84. The Balaban J connectivity index is 1.81. The average molecular weight is 368 g/mol. The Hall–Kier alpha value is -3.06. The van der Waals surface area contributed by atoms with Crippen LogP contribution in [0.15, 0.2) is 59.5 Å². The first kappa shape index (κ1) is 17.8. The lowest BCUT2D eigenvalue weighted by molar-refractivity contribution is -0.123. The summed E-state index contributed by atoms with van der Waals surface area (Å²) in [5, 5.41) is -0.319. The zero-order valence-corrected chi connectivity index (χ0v) is 14.6. The van der Waals surface area contributed by atoms with Crippen LogP contribution in [0.3, 0.4) is 0 Å². The summed E-state index contributed by atoms with van der Waals surface area (Å²) in [5.74, 6) is -0.530. The molecule has 0 unspecified atom stereocenters. The molecule has 1 heterocycles. The van der Waals surface area contributed by atoms with Crippen LogP contribution in [0, 0.1) is 0 Å². The third-order valence-electron chi connectivity index (χ3n) is 3.63. The Kier molecular flexibility index (Phi) is 5.38. The van der Waals surface area contributed by atoms with Gasteiger partial charge in [0.05, 0.1) is 11.4 Å². The molecule has 0 spiro atoms. The van der Waals surface area contributed by atoms with E-state index in [1.807, 2.05) is 30.3 Å². The van der Waals surface area contributed by atoms with Crippen molar-refractivity contribution in [2.75, 3.05) is 6.61 Å². The molecule has 0 aliphatic carbocycles. The molecule has 3 rings (SSSR count). The van der Waals surface area contributed by atoms with Gasteiger partial charge in [-0.3, -0.25) is 19.3 Å². The molecule has 0 bridgehead atoms. The van der Waals surface area contributed by atoms with E-state index in [1.54, 1.807) is 30.3 Å². The lowest BCUT2D eigenvalue weighted by atomic mass is 10.1.